The second-order valence-corrected chi connectivity index (χ2v) is 3.36. The number of ether oxygens (including phenoxy) is 2. The maximum absolute atomic E-state index is 11.4. The lowest BCUT2D eigenvalue weighted by Crippen LogP contribution is -2.07. The molecule has 1 aliphatic heterocycles. The van der Waals surface area contributed by atoms with E-state index in [9.17, 15) is 24.5 Å². The van der Waals surface area contributed by atoms with Gasteiger partial charge in [-0.05, 0) is 12.1 Å². The largest absolute Gasteiger partial charge is 0.419 e. The quantitative estimate of drug-likeness (QED) is 0.251. The second-order valence-electron chi connectivity index (χ2n) is 3.36. The van der Waals surface area contributed by atoms with Crippen LogP contribution in [0.2, 0.25) is 0 Å². The molecule has 2 rings (SSSR count). The van der Waals surface area contributed by atoms with Crippen LogP contribution in [0.25, 0.3) is 0 Å². The van der Waals surface area contributed by atoms with Crippen molar-refractivity contribution >= 4 is 23.6 Å². The molecular weight excluding hydrogens is 246 g/mol. The van der Waals surface area contributed by atoms with Crippen LogP contribution in [0.1, 0.15) is 27.6 Å². The van der Waals surface area contributed by atoms with Crippen molar-refractivity contribution in [1.82, 2.24) is 0 Å². The van der Waals surface area contributed by atoms with Crippen LogP contribution in [0.4, 0.5) is 5.69 Å². The van der Waals surface area contributed by atoms with Crippen LogP contribution in [0, 0.1) is 10.1 Å². The highest BCUT2D eigenvalue weighted by atomic mass is 16.6. The van der Waals surface area contributed by atoms with Gasteiger partial charge in [-0.15, -0.1) is 0 Å². The Morgan fingerprint density at radius 2 is 2.00 bits per heavy atom. The van der Waals surface area contributed by atoms with E-state index in [4.69, 9.17) is 0 Å². The van der Waals surface area contributed by atoms with E-state index in [1.165, 1.54) is 0 Å². The first-order chi connectivity index (χ1) is 8.41. The van der Waals surface area contributed by atoms with Crippen molar-refractivity contribution < 1.29 is 28.8 Å². The number of nitro groups is 1. The Hall–Kier alpha value is -2.77. The van der Waals surface area contributed by atoms with Crippen molar-refractivity contribution in [2.75, 3.05) is 0 Å². The number of cyclic esters (lactones) is 2. The SMILES string of the molecule is CC(=O)Oc1ccc2c(c1[N+](=O)[O-])C(=O)OC2=O. The highest BCUT2D eigenvalue weighted by Crippen LogP contribution is 2.37. The number of esters is 3. The van der Waals surface area contributed by atoms with Crippen molar-refractivity contribution in [1.29, 1.82) is 0 Å². The third kappa shape index (κ3) is 1.69. The summed E-state index contributed by atoms with van der Waals surface area (Å²) in [6.07, 6.45) is 0. The first-order valence-electron chi connectivity index (χ1n) is 4.68. The number of hydrogen-bond donors (Lipinski definition) is 0. The van der Waals surface area contributed by atoms with Crippen molar-refractivity contribution in [3.05, 3.63) is 33.4 Å². The van der Waals surface area contributed by atoms with Gasteiger partial charge in [-0.25, -0.2) is 9.59 Å². The summed E-state index contributed by atoms with van der Waals surface area (Å²) < 4.78 is 8.88. The summed E-state index contributed by atoms with van der Waals surface area (Å²) in [7, 11) is 0. The van der Waals surface area contributed by atoms with Crippen LogP contribution in [-0.2, 0) is 9.53 Å². The fourth-order valence-electron chi connectivity index (χ4n) is 1.56. The zero-order valence-corrected chi connectivity index (χ0v) is 8.96. The molecule has 0 spiro atoms. The number of hydrogen-bond acceptors (Lipinski definition) is 7. The van der Waals surface area contributed by atoms with Crippen molar-refractivity contribution in [2.24, 2.45) is 0 Å². The Bertz CT molecular complexity index is 604. The molecule has 0 N–H and O–H groups in total. The first-order valence-corrected chi connectivity index (χ1v) is 4.68. The van der Waals surface area contributed by atoms with Crippen molar-refractivity contribution in [2.45, 2.75) is 6.92 Å². The lowest BCUT2D eigenvalue weighted by molar-refractivity contribution is -0.386. The van der Waals surface area contributed by atoms with Crippen LogP contribution in [0.5, 0.6) is 5.75 Å². The molecule has 0 saturated heterocycles. The Kier molecular flexibility index (Phi) is 2.55. The topological polar surface area (TPSA) is 113 Å². The van der Waals surface area contributed by atoms with E-state index in [-0.39, 0.29) is 5.56 Å². The van der Waals surface area contributed by atoms with Gasteiger partial charge in [-0.1, -0.05) is 0 Å². The van der Waals surface area contributed by atoms with E-state index in [2.05, 4.69) is 9.47 Å². The fourth-order valence-corrected chi connectivity index (χ4v) is 1.56. The molecular formula is C10H5NO7. The molecule has 0 aromatic heterocycles. The lowest BCUT2D eigenvalue weighted by Gasteiger charge is -2.03. The molecule has 1 aliphatic rings. The van der Waals surface area contributed by atoms with Gasteiger partial charge >= 0.3 is 23.6 Å². The molecule has 0 fully saturated rings. The van der Waals surface area contributed by atoms with Crippen molar-refractivity contribution in [3.63, 3.8) is 0 Å². The normalized spacial score (nSPS) is 12.9. The standard InChI is InChI=1S/C10H5NO7/c1-4(12)17-6-3-2-5-7(8(6)11(15)16)10(14)18-9(5)13/h2-3H,1H3. The predicted octanol–water partition coefficient (Wildman–Crippen LogP) is 0.831. The van der Waals surface area contributed by atoms with Gasteiger partial charge in [-0.2, -0.15) is 0 Å². The summed E-state index contributed by atoms with van der Waals surface area (Å²) in [5.41, 5.74) is -1.47. The Morgan fingerprint density at radius 3 is 2.56 bits per heavy atom. The van der Waals surface area contributed by atoms with Crippen molar-refractivity contribution in [3.8, 4) is 5.75 Å². The summed E-state index contributed by atoms with van der Waals surface area (Å²) in [4.78, 5) is 43.4. The number of rotatable bonds is 2. The maximum atomic E-state index is 11.4. The second kappa shape index (κ2) is 3.91. The molecule has 0 atom stereocenters. The first kappa shape index (κ1) is 11.7. The monoisotopic (exact) mass is 251 g/mol. The van der Waals surface area contributed by atoms with Gasteiger partial charge in [0.15, 0.2) is 5.56 Å². The van der Waals surface area contributed by atoms with Crippen LogP contribution in [0.3, 0.4) is 0 Å². The van der Waals surface area contributed by atoms with E-state index in [0.29, 0.717) is 0 Å². The van der Waals surface area contributed by atoms with Gasteiger partial charge in [0.2, 0.25) is 5.75 Å². The Balaban J connectivity index is 2.70. The predicted molar refractivity (Wildman–Crippen MR) is 54.2 cm³/mol. The van der Waals surface area contributed by atoms with E-state index in [0.717, 1.165) is 19.1 Å². The van der Waals surface area contributed by atoms with Crippen LogP contribution in [-0.4, -0.2) is 22.8 Å². The molecule has 0 radical (unpaired) electrons. The maximum Gasteiger partial charge on any atom is 0.354 e. The molecule has 1 heterocycles. The Labute approximate surface area is 99.2 Å². The van der Waals surface area contributed by atoms with Gasteiger partial charge in [0, 0.05) is 6.92 Å². The number of benzene rings is 1. The summed E-state index contributed by atoms with van der Waals surface area (Å²) in [6, 6.07) is 2.20. The fraction of sp³-hybridized carbons (Fsp3) is 0.100. The average Bonchev–Trinajstić information content (AvgIpc) is 2.53. The van der Waals surface area contributed by atoms with Crippen LogP contribution in [0.15, 0.2) is 12.1 Å². The van der Waals surface area contributed by atoms with Gasteiger partial charge in [0.1, 0.15) is 0 Å². The molecule has 1 aromatic carbocycles. The van der Waals surface area contributed by atoms with Crippen LogP contribution >= 0.6 is 0 Å². The van der Waals surface area contributed by atoms with Crippen LogP contribution < -0.4 is 4.74 Å². The van der Waals surface area contributed by atoms with E-state index < -0.39 is 39.8 Å². The van der Waals surface area contributed by atoms with Gasteiger partial charge in [0.05, 0.1) is 10.5 Å². The smallest absolute Gasteiger partial charge is 0.354 e. The average molecular weight is 251 g/mol. The molecule has 0 saturated carbocycles. The lowest BCUT2D eigenvalue weighted by atomic mass is 10.1. The summed E-state index contributed by atoms with van der Waals surface area (Å²) >= 11 is 0. The summed E-state index contributed by atoms with van der Waals surface area (Å²) in [5.74, 6) is -3.28. The molecule has 0 aliphatic carbocycles. The third-order valence-electron chi connectivity index (χ3n) is 2.19. The molecule has 92 valence electrons. The highest BCUT2D eigenvalue weighted by Gasteiger charge is 2.40. The highest BCUT2D eigenvalue weighted by molar-refractivity contribution is 6.17. The number of carbonyl (C=O) groups is 3. The number of nitro benzene ring substituents is 1. The molecule has 0 bridgehead atoms. The minimum atomic E-state index is -1.13. The molecule has 0 unspecified atom stereocenters. The number of carbonyl (C=O) groups excluding carboxylic acids is 3. The molecule has 1 aromatic rings. The Morgan fingerprint density at radius 1 is 1.33 bits per heavy atom. The third-order valence-corrected chi connectivity index (χ3v) is 2.19. The molecule has 0 amide bonds. The molecule has 8 nitrogen and oxygen atoms in total. The van der Waals surface area contributed by atoms with E-state index in [1.54, 1.807) is 0 Å². The molecule has 18 heavy (non-hydrogen) atoms. The minimum absolute atomic E-state index is 0.220. The van der Waals surface area contributed by atoms with E-state index >= 15 is 0 Å². The molecule has 8 heteroatoms. The number of nitrogens with zero attached hydrogens (tertiary/aromatic N) is 1. The minimum Gasteiger partial charge on any atom is -0.419 e. The van der Waals surface area contributed by atoms with E-state index in [1.807, 2.05) is 0 Å². The van der Waals surface area contributed by atoms with Gasteiger partial charge in [-0.3, -0.25) is 14.9 Å². The zero-order valence-electron chi connectivity index (χ0n) is 8.96. The summed E-state index contributed by atoms with van der Waals surface area (Å²) in [5, 5.41) is 10.9. The number of fused-ring (bicyclic) bond motifs is 1. The van der Waals surface area contributed by atoms with Gasteiger partial charge in [0.25, 0.3) is 0 Å². The summed E-state index contributed by atoms with van der Waals surface area (Å²) in [6.45, 7) is 1.06. The van der Waals surface area contributed by atoms with Gasteiger partial charge < -0.3 is 9.47 Å². The zero-order chi connectivity index (χ0) is 13.4.